The van der Waals surface area contributed by atoms with Crippen molar-refractivity contribution in [3.63, 3.8) is 0 Å². The van der Waals surface area contributed by atoms with Gasteiger partial charge in [0.2, 0.25) is 0 Å². The van der Waals surface area contributed by atoms with Crippen molar-refractivity contribution >= 4 is 17.7 Å². The van der Waals surface area contributed by atoms with Gasteiger partial charge in [-0.15, -0.1) is 0 Å². The van der Waals surface area contributed by atoms with Gasteiger partial charge in [-0.25, -0.2) is 4.79 Å². The first-order chi connectivity index (χ1) is 11.8. The zero-order valence-electron chi connectivity index (χ0n) is 15.1. The Kier molecular flexibility index (Phi) is 7.85. The van der Waals surface area contributed by atoms with E-state index >= 15 is 0 Å². The molecule has 0 radical (unpaired) electrons. The Morgan fingerprint density at radius 2 is 1.56 bits per heavy atom. The summed E-state index contributed by atoms with van der Waals surface area (Å²) < 4.78 is 10.2. The third-order valence-corrected chi connectivity index (χ3v) is 3.70. The Morgan fingerprint density at radius 1 is 1.00 bits per heavy atom. The second-order valence-electron chi connectivity index (χ2n) is 5.55. The van der Waals surface area contributed by atoms with Gasteiger partial charge in [-0.05, 0) is 33.3 Å². The molecule has 0 bridgehead atoms. The molecule has 136 valence electrons. The zero-order chi connectivity index (χ0) is 19.0. The molecule has 0 saturated heterocycles. The molecule has 25 heavy (non-hydrogen) atoms. The maximum atomic E-state index is 12.5. The minimum atomic E-state index is -1.18. The number of hydrogen-bond donors (Lipinski definition) is 1. The van der Waals surface area contributed by atoms with E-state index in [2.05, 4.69) is 0 Å². The molecule has 0 fully saturated rings. The van der Waals surface area contributed by atoms with E-state index in [0.29, 0.717) is 5.56 Å². The van der Waals surface area contributed by atoms with E-state index in [4.69, 9.17) is 15.2 Å². The van der Waals surface area contributed by atoms with Gasteiger partial charge >= 0.3 is 11.9 Å². The number of allylic oxidation sites excluding steroid dienone is 1. The summed E-state index contributed by atoms with van der Waals surface area (Å²) in [6, 6.07) is 8.80. The molecule has 0 aliphatic carbocycles. The first-order valence-electron chi connectivity index (χ1n) is 8.20. The Balaban J connectivity index is 3.57. The topological polar surface area (TPSA) is 95.7 Å². The molecule has 1 aromatic rings. The van der Waals surface area contributed by atoms with Crippen LogP contribution in [-0.2, 0) is 23.9 Å². The summed E-state index contributed by atoms with van der Waals surface area (Å²) >= 11 is 0. The van der Waals surface area contributed by atoms with Crippen LogP contribution in [0.5, 0.6) is 0 Å². The van der Waals surface area contributed by atoms with Gasteiger partial charge in [-0.1, -0.05) is 30.3 Å². The van der Waals surface area contributed by atoms with Crippen LogP contribution in [0.1, 0.15) is 39.2 Å². The van der Waals surface area contributed by atoms with E-state index < -0.39 is 29.6 Å². The lowest BCUT2D eigenvalue weighted by atomic mass is 9.77. The Bertz CT molecular complexity index is 647. The third-order valence-electron chi connectivity index (χ3n) is 3.70. The predicted molar refractivity (Wildman–Crippen MR) is 93.5 cm³/mol. The summed E-state index contributed by atoms with van der Waals surface area (Å²) in [7, 11) is 0. The highest BCUT2D eigenvalue weighted by Gasteiger charge is 2.40. The smallest absolute Gasteiger partial charge is 0.336 e. The van der Waals surface area contributed by atoms with Gasteiger partial charge in [0.05, 0.1) is 18.8 Å². The number of ether oxygens (including phenoxy) is 2. The van der Waals surface area contributed by atoms with Crippen LogP contribution >= 0.6 is 0 Å². The van der Waals surface area contributed by atoms with E-state index in [1.807, 2.05) is 0 Å². The van der Waals surface area contributed by atoms with Crippen LogP contribution in [0.4, 0.5) is 0 Å². The highest BCUT2D eigenvalue weighted by molar-refractivity contribution is 6.02. The number of esters is 2. The lowest BCUT2D eigenvalue weighted by Gasteiger charge is -2.26. The molecular formula is C19H25NO5. The van der Waals surface area contributed by atoms with Gasteiger partial charge in [0.1, 0.15) is 11.7 Å². The number of rotatable bonds is 8. The molecule has 2 unspecified atom stereocenters. The van der Waals surface area contributed by atoms with Crippen LogP contribution in [-0.4, -0.2) is 30.9 Å². The Hall–Kier alpha value is -2.63. The number of carbonyl (C=O) groups excluding carboxylic acids is 3. The second-order valence-corrected chi connectivity index (χ2v) is 5.55. The van der Waals surface area contributed by atoms with Gasteiger partial charge in [-0.3, -0.25) is 9.59 Å². The monoisotopic (exact) mass is 347 g/mol. The minimum Gasteiger partial charge on any atom is -0.465 e. The van der Waals surface area contributed by atoms with Gasteiger partial charge < -0.3 is 15.2 Å². The van der Waals surface area contributed by atoms with Gasteiger partial charge in [0, 0.05) is 11.6 Å². The Morgan fingerprint density at radius 3 is 2.00 bits per heavy atom. The van der Waals surface area contributed by atoms with E-state index in [-0.39, 0.29) is 24.5 Å². The molecule has 6 heteroatoms. The van der Waals surface area contributed by atoms with Gasteiger partial charge in [0.25, 0.3) is 0 Å². The van der Waals surface area contributed by atoms with Crippen LogP contribution in [0, 0.1) is 5.92 Å². The summed E-state index contributed by atoms with van der Waals surface area (Å²) in [4.78, 5) is 37.2. The fourth-order valence-electron chi connectivity index (χ4n) is 2.70. The zero-order valence-corrected chi connectivity index (χ0v) is 15.1. The van der Waals surface area contributed by atoms with Crippen molar-refractivity contribution in [2.45, 2.75) is 33.6 Å². The van der Waals surface area contributed by atoms with Gasteiger partial charge in [-0.2, -0.15) is 0 Å². The number of Topliss-reactive ketones (excluding diaryl/α,β-unsaturated/α-hetero) is 1. The molecule has 0 aromatic heterocycles. The predicted octanol–water partition coefficient (Wildman–Crippen LogP) is 2.33. The van der Waals surface area contributed by atoms with Gasteiger partial charge in [0.15, 0.2) is 0 Å². The van der Waals surface area contributed by atoms with Crippen molar-refractivity contribution < 1.29 is 23.9 Å². The third kappa shape index (κ3) is 5.17. The fourth-order valence-corrected chi connectivity index (χ4v) is 2.70. The maximum Gasteiger partial charge on any atom is 0.336 e. The molecule has 1 rings (SSSR count). The molecule has 2 N–H and O–H groups in total. The SMILES string of the molecule is CCOC(=O)/C(=C(/C)N)C(c1ccccc1)C(C(C)=O)C(=O)OCC. The number of ketones is 1. The van der Waals surface area contributed by atoms with E-state index in [0.717, 1.165) is 0 Å². The molecule has 0 aliphatic rings. The van der Waals surface area contributed by atoms with Crippen molar-refractivity contribution in [2.24, 2.45) is 11.7 Å². The normalized spacial score (nSPS) is 14.1. The molecule has 0 saturated carbocycles. The number of nitrogens with two attached hydrogens (primary N) is 1. The van der Waals surface area contributed by atoms with Crippen molar-refractivity contribution in [2.75, 3.05) is 13.2 Å². The lowest BCUT2D eigenvalue weighted by Crippen LogP contribution is -2.34. The number of carbonyl (C=O) groups is 3. The second kappa shape index (κ2) is 9.61. The molecular weight excluding hydrogens is 322 g/mol. The van der Waals surface area contributed by atoms with Crippen LogP contribution in [0.25, 0.3) is 0 Å². The summed E-state index contributed by atoms with van der Waals surface area (Å²) in [5, 5.41) is 0. The van der Waals surface area contributed by atoms with Crippen LogP contribution < -0.4 is 5.73 Å². The Labute approximate surface area is 148 Å². The van der Waals surface area contributed by atoms with Crippen molar-refractivity contribution in [1.82, 2.24) is 0 Å². The summed E-state index contributed by atoms with van der Waals surface area (Å²) in [6.45, 7) is 6.46. The molecule has 0 heterocycles. The lowest BCUT2D eigenvalue weighted by molar-refractivity contribution is -0.151. The highest BCUT2D eigenvalue weighted by Crippen LogP contribution is 2.35. The van der Waals surface area contributed by atoms with Crippen molar-refractivity contribution in [1.29, 1.82) is 0 Å². The standard InChI is InChI=1S/C19H25NO5/c1-5-24-18(22)15(12(3)20)17(14-10-8-7-9-11-14)16(13(4)21)19(23)25-6-2/h7-11,16-17H,5-6,20H2,1-4H3/b15-12-. The minimum absolute atomic E-state index is 0.0984. The molecule has 0 spiro atoms. The molecule has 2 atom stereocenters. The highest BCUT2D eigenvalue weighted by atomic mass is 16.5. The number of benzene rings is 1. The average Bonchev–Trinajstić information content (AvgIpc) is 2.54. The van der Waals surface area contributed by atoms with E-state index in [9.17, 15) is 14.4 Å². The maximum absolute atomic E-state index is 12.5. The van der Waals surface area contributed by atoms with Crippen LogP contribution in [0.15, 0.2) is 41.6 Å². The summed E-state index contributed by atoms with van der Waals surface area (Å²) in [6.07, 6.45) is 0. The van der Waals surface area contributed by atoms with Crippen LogP contribution in [0.2, 0.25) is 0 Å². The quantitative estimate of drug-likeness (QED) is 0.440. The summed E-state index contributed by atoms with van der Waals surface area (Å²) in [5.41, 5.74) is 6.84. The van der Waals surface area contributed by atoms with Crippen LogP contribution in [0.3, 0.4) is 0 Å². The first kappa shape index (κ1) is 20.4. The van der Waals surface area contributed by atoms with Crippen molar-refractivity contribution in [3.8, 4) is 0 Å². The molecule has 0 amide bonds. The fraction of sp³-hybridized carbons (Fsp3) is 0.421. The largest absolute Gasteiger partial charge is 0.465 e. The molecule has 6 nitrogen and oxygen atoms in total. The average molecular weight is 347 g/mol. The summed E-state index contributed by atoms with van der Waals surface area (Å²) in [5.74, 6) is -3.80. The first-order valence-corrected chi connectivity index (χ1v) is 8.20. The van der Waals surface area contributed by atoms with E-state index in [1.54, 1.807) is 51.1 Å². The van der Waals surface area contributed by atoms with Crippen molar-refractivity contribution in [3.05, 3.63) is 47.2 Å². The molecule has 0 aliphatic heterocycles. The molecule has 1 aromatic carbocycles. The number of hydrogen-bond acceptors (Lipinski definition) is 6. The van der Waals surface area contributed by atoms with E-state index in [1.165, 1.54) is 6.92 Å².